The number of carboxylic acid groups (broad SMARTS) is 1. The number of carbonyl (C=O) groups is 3. The van der Waals surface area contributed by atoms with Crippen LogP contribution in [0.25, 0.3) is 0 Å². The number of esters is 2. The highest BCUT2D eigenvalue weighted by molar-refractivity contribution is 5.70. The van der Waals surface area contributed by atoms with Crippen LogP contribution in [0, 0.1) is 0 Å². The lowest BCUT2D eigenvalue weighted by atomic mass is 10.0. The summed E-state index contributed by atoms with van der Waals surface area (Å²) >= 11 is 0. The molecule has 0 aromatic heterocycles. The Balaban J connectivity index is 3.99. The molecule has 0 fully saturated rings. The van der Waals surface area contributed by atoms with Crippen LogP contribution in [-0.4, -0.2) is 82.3 Å². The van der Waals surface area contributed by atoms with Crippen molar-refractivity contribution in [3.63, 3.8) is 0 Å². The summed E-state index contributed by atoms with van der Waals surface area (Å²) in [6.07, 6.45) is 99.9. The standard InChI is InChI=1S/C85H153NO8/c1-6-8-10-12-14-16-18-20-22-24-26-28-30-32-34-36-37-38-39-40-41-42-43-44-45-46-47-48-50-52-54-56-58-60-62-64-66-68-70-72-74-76-83(88)94-81(80-93-85(84(89)90)91-78-77-86(3,4)5)79-92-82(87)75-73-71-69-67-65-63-61-59-57-55-53-51-49-35-33-31-29-27-25-23-21-19-17-15-13-11-9-7-2/h8,10,14,16,20,22,26,28,32,34,37-38,40-41,81,85H,6-7,9,11-13,15,17-19,21,23-25,27,29-31,33,35-36,39,42-80H2,1-5H3/b10-8-,16-14-,22-20-,28-26-,34-32-,38-37-,41-40-. The molecule has 0 saturated carbocycles. The molecule has 0 N–H and O–H groups in total. The quantitative estimate of drug-likeness (QED) is 0.0195. The van der Waals surface area contributed by atoms with E-state index >= 15 is 0 Å². The van der Waals surface area contributed by atoms with E-state index in [0.29, 0.717) is 23.9 Å². The molecule has 0 saturated heterocycles. The number of hydrogen-bond acceptors (Lipinski definition) is 8. The SMILES string of the molecule is CC/C=C\C/C=C\C/C=C\C/C=C\C/C=C\C/C=C\C/C=C\CCCCCCCCCCCCCCCCCCCCCC(=O)OC(COC(=O)CCCCCCCCCCCCCCCCCCCCCCCCCCCCCC)COC(OCC[N+](C)(C)C)C(=O)[O-]. The van der Waals surface area contributed by atoms with Crippen molar-refractivity contribution in [2.45, 2.75) is 392 Å². The summed E-state index contributed by atoms with van der Waals surface area (Å²) in [5, 5.41) is 11.9. The topological polar surface area (TPSA) is 111 Å². The van der Waals surface area contributed by atoms with Gasteiger partial charge < -0.3 is 33.3 Å². The number of carboxylic acids is 1. The van der Waals surface area contributed by atoms with Crippen molar-refractivity contribution in [2.24, 2.45) is 0 Å². The normalized spacial score (nSPS) is 13.1. The Labute approximate surface area is 582 Å². The van der Waals surface area contributed by atoms with Crippen molar-refractivity contribution in [3.8, 4) is 0 Å². The molecule has 546 valence electrons. The monoisotopic (exact) mass is 1320 g/mol. The Morgan fingerprint density at radius 3 is 0.904 bits per heavy atom. The molecule has 0 spiro atoms. The molecule has 94 heavy (non-hydrogen) atoms. The Kier molecular flexibility index (Phi) is 72.4. The van der Waals surface area contributed by atoms with Gasteiger partial charge in [0.05, 0.1) is 40.3 Å². The minimum atomic E-state index is -1.62. The smallest absolute Gasteiger partial charge is 0.306 e. The maximum absolute atomic E-state index is 13.0. The number of nitrogens with zero attached hydrogens (tertiary/aromatic N) is 1. The van der Waals surface area contributed by atoms with E-state index in [-0.39, 0.29) is 32.2 Å². The number of carbonyl (C=O) groups excluding carboxylic acids is 3. The van der Waals surface area contributed by atoms with Gasteiger partial charge in [0.2, 0.25) is 0 Å². The van der Waals surface area contributed by atoms with Gasteiger partial charge in [-0.2, -0.15) is 0 Å². The van der Waals surface area contributed by atoms with Gasteiger partial charge >= 0.3 is 11.9 Å². The number of ether oxygens (including phenoxy) is 4. The van der Waals surface area contributed by atoms with Crippen LogP contribution in [0.1, 0.15) is 380 Å². The summed E-state index contributed by atoms with van der Waals surface area (Å²) in [7, 11) is 5.95. The van der Waals surface area contributed by atoms with Crippen LogP contribution in [0.4, 0.5) is 0 Å². The number of quaternary nitrogens is 1. The minimum Gasteiger partial charge on any atom is -0.545 e. The van der Waals surface area contributed by atoms with Crippen molar-refractivity contribution in [3.05, 3.63) is 85.1 Å². The molecule has 0 aromatic carbocycles. The number of unbranched alkanes of at least 4 members (excludes halogenated alkanes) is 46. The third-order valence-corrected chi connectivity index (χ3v) is 17.9. The predicted molar refractivity (Wildman–Crippen MR) is 403 cm³/mol. The summed E-state index contributed by atoms with van der Waals surface area (Å²) in [5.41, 5.74) is 0. The molecular formula is C85H153NO8. The summed E-state index contributed by atoms with van der Waals surface area (Å²) in [4.78, 5) is 37.6. The average molecular weight is 1320 g/mol. The van der Waals surface area contributed by atoms with Gasteiger partial charge in [-0.1, -0.05) is 381 Å². The zero-order chi connectivity index (χ0) is 68.2. The van der Waals surface area contributed by atoms with E-state index in [1.807, 2.05) is 21.1 Å². The first-order valence-electron chi connectivity index (χ1n) is 40.2. The molecule has 0 aliphatic carbocycles. The predicted octanol–water partition coefficient (Wildman–Crippen LogP) is 24.4. The summed E-state index contributed by atoms with van der Waals surface area (Å²) < 4.78 is 22.9. The van der Waals surface area contributed by atoms with Crippen molar-refractivity contribution >= 4 is 17.9 Å². The maximum atomic E-state index is 13.0. The Morgan fingerprint density at radius 2 is 0.606 bits per heavy atom. The van der Waals surface area contributed by atoms with Crippen LogP contribution in [0.5, 0.6) is 0 Å². The summed E-state index contributed by atoms with van der Waals surface area (Å²) in [6.45, 7) is 4.70. The molecule has 2 atom stereocenters. The van der Waals surface area contributed by atoms with Crippen molar-refractivity contribution in [1.29, 1.82) is 0 Å². The van der Waals surface area contributed by atoms with Gasteiger partial charge in [-0.15, -0.1) is 0 Å². The molecule has 0 aliphatic heterocycles. The molecule has 0 rings (SSSR count). The number of allylic oxidation sites excluding steroid dienone is 14. The summed E-state index contributed by atoms with van der Waals surface area (Å²) in [6, 6.07) is 0. The lowest BCUT2D eigenvalue weighted by molar-refractivity contribution is -0.870. The second-order valence-corrected chi connectivity index (χ2v) is 28.3. The van der Waals surface area contributed by atoms with Crippen LogP contribution < -0.4 is 5.11 Å². The lowest BCUT2D eigenvalue weighted by Gasteiger charge is -2.26. The van der Waals surface area contributed by atoms with E-state index in [1.54, 1.807) is 0 Å². The second kappa shape index (κ2) is 75.2. The highest BCUT2D eigenvalue weighted by Gasteiger charge is 2.22. The van der Waals surface area contributed by atoms with E-state index in [4.69, 9.17) is 18.9 Å². The van der Waals surface area contributed by atoms with Crippen molar-refractivity contribution in [2.75, 3.05) is 47.5 Å². The van der Waals surface area contributed by atoms with E-state index in [9.17, 15) is 19.5 Å². The van der Waals surface area contributed by atoms with Gasteiger partial charge in [-0.05, 0) is 70.6 Å². The number of rotatable bonds is 75. The molecule has 2 unspecified atom stereocenters. The molecule has 0 aromatic rings. The highest BCUT2D eigenvalue weighted by Crippen LogP contribution is 2.19. The third kappa shape index (κ3) is 75.8. The van der Waals surface area contributed by atoms with Gasteiger partial charge in [0, 0.05) is 12.8 Å². The largest absolute Gasteiger partial charge is 0.545 e. The first-order valence-corrected chi connectivity index (χ1v) is 40.2. The Bertz CT molecular complexity index is 1820. The zero-order valence-corrected chi connectivity index (χ0v) is 62.6. The fourth-order valence-electron chi connectivity index (χ4n) is 11.8. The first kappa shape index (κ1) is 90.5. The van der Waals surface area contributed by atoms with E-state index in [0.717, 1.165) is 77.0 Å². The summed E-state index contributed by atoms with van der Waals surface area (Å²) in [5.74, 6) is -2.26. The van der Waals surface area contributed by atoms with Crippen molar-refractivity contribution < 1.29 is 42.9 Å². The maximum Gasteiger partial charge on any atom is 0.306 e. The van der Waals surface area contributed by atoms with Crippen LogP contribution in [0.2, 0.25) is 0 Å². The minimum absolute atomic E-state index is 0.149. The van der Waals surface area contributed by atoms with Gasteiger partial charge in [0.1, 0.15) is 13.2 Å². The van der Waals surface area contributed by atoms with Crippen LogP contribution in [0.15, 0.2) is 85.1 Å². The Morgan fingerprint density at radius 1 is 0.330 bits per heavy atom. The number of likely N-dealkylation sites (N-methyl/N-ethyl adjacent to an activating group) is 1. The van der Waals surface area contributed by atoms with Crippen molar-refractivity contribution in [1.82, 2.24) is 0 Å². The Hall–Kier alpha value is -3.53. The first-order chi connectivity index (χ1) is 46.1. The average Bonchev–Trinajstić information content (AvgIpc) is 3.42. The number of aliphatic carboxylic acids is 1. The van der Waals surface area contributed by atoms with E-state index in [2.05, 4.69) is 98.9 Å². The lowest BCUT2D eigenvalue weighted by Crippen LogP contribution is -2.44. The van der Waals surface area contributed by atoms with Gasteiger partial charge in [-0.25, -0.2) is 0 Å². The van der Waals surface area contributed by atoms with Crippen LogP contribution in [0.3, 0.4) is 0 Å². The van der Waals surface area contributed by atoms with Gasteiger partial charge in [0.25, 0.3) is 0 Å². The number of hydrogen-bond donors (Lipinski definition) is 0. The molecule has 0 aliphatic rings. The fourth-order valence-corrected chi connectivity index (χ4v) is 11.8. The van der Waals surface area contributed by atoms with Crippen LogP contribution in [-0.2, 0) is 33.3 Å². The molecular weight excluding hydrogens is 1160 g/mol. The fraction of sp³-hybridized carbons (Fsp3) is 0.800. The third-order valence-electron chi connectivity index (χ3n) is 17.9. The molecule has 0 radical (unpaired) electrons. The van der Waals surface area contributed by atoms with Crippen LogP contribution >= 0.6 is 0 Å². The zero-order valence-electron chi connectivity index (χ0n) is 62.6. The molecule has 0 amide bonds. The van der Waals surface area contributed by atoms with E-state index in [1.165, 1.54) is 270 Å². The molecule has 9 heteroatoms. The van der Waals surface area contributed by atoms with Gasteiger partial charge in [0.15, 0.2) is 12.4 Å². The molecule has 9 nitrogen and oxygen atoms in total. The van der Waals surface area contributed by atoms with E-state index < -0.39 is 24.3 Å². The van der Waals surface area contributed by atoms with Gasteiger partial charge in [-0.3, -0.25) is 9.59 Å². The molecule has 0 bridgehead atoms. The second-order valence-electron chi connectivity index (χ2n) is 28.3. The molecule has 0 heterocycles. The highest BCUT2D eigenvalue weighted by atomic mass is 16.7.